The second kappa shape index (κ2) is 4.89. The van der Waals surface area contributed by atoms with Crippen molar-refractivity contribution in [2.75, 3.05) is 6.26 Å². The lowest BCUT2D eigenvalue weighted by Gasteiger charge is -2.29. The molecule has 0 bridgehead atoms. The van der Waals surface area contributed by atoms with Gasteiger partial charge in [0.1, 0.15) is 0 Å². The third-order valence-corrected chi connectivity index (χ3v) is 7.08. The van der Waals surface area contributed by atoms with E-state index in [0.29, 0.717) is 6.42 Å². The fraction of sp³-hybridized carbons (Fsp3) is 0.429. The van der Waals surface area contributed by atoms with Gasteiger partial charge in [-0.05, 0) is 42.7 Å². The van der Waals surface area contributed by atoms with Crippen LogP contribution < -0.4 is 5.73 Å². The fourth-order valence-corrected chi connectivity index (χ4v) is 3.56. The summed E-state index contributed by atoms with van der Waals surface area (Å²) in [6, 6.07) is 7.70. The molecule has 0 radical (unpaired) electrons. The first kappa shape index (κ1) is 14.5. The van der Waals surface area contributed by atoms with Gasteiger partial charge in [0.25, 0.3) is 0 Å². The predicted octanol–water partition coefficient (Wildman–Crippen LogP) is 2.59. The zero-order chi connectivity index (χ0) is 14.3. The maximum atomic E-state index is 11.8. The second-order valence-electron chi connectivity index (χ2n) is 5.44. The van der Waals surface area contributed by atoms with Crippen molar-refractivity contribution in [1.82, 2.24) is 0 Å². The van der Waals surface area contributed by atoms with Gasteiger partial charge in [-0.3, -0.25) is 0 Å². The van der Waals surface area contributed by atoms with Crippen LogP contribution in [0.4, 0.5) is 0 Å². The van der Waals surface area contributed by atoms with Crippen LogP contribution in [0, 0.1) is 0 Å². The first-order chi connectivity index (χ1) is 8.73. The molecule has 2 rings (SSSR count). The number of benzene rings is 1. The number of sulfone groups is 1. The largest absolute Gasteiger partial charge is 0.326 e. The minimum atomic E-state index is -3.18. The molecule has 1 aromatic carbocycles. The highest BCUT2D eigenvalue weighted by Crippen LogP contribution is 2.29. The molecule has 0 fully saturated rings. The molecule has 2 aromatic rings. The number of thiophene rings is 1. The van der Waals surface area contributed by atoms with E-state index in [4.69, 9.17) is 5.73 Å². The Balaban J connectivity index is 2.31. The molecule has 0 saturated carbocycles. The van der Waals surface area contributed by atoms with Crippen LogP contribution in [0.15, 0.2) is 29.6 Å². The number of fused-ring (bicyclic) bond motifs is 1. The molecule has 19 heavy (non-hydrogen) atoms. The molecule has 5 heteroatoms. The van der Waals surface area contributed by atoms with E-state index in [1.54, 1.807) is 25.2 Å². The summed E-state index contributed by atoms with van der Waals surface area (Å²) in [5, 5.41) is 3.25. The van der Waals surface area contributed by atoms with E-state index in [9.17, 15) is 8.42 Å². The van der Waals surface area contributed by atoms with Crippen molar-refractivity contribution < 1.29 is 8.42 Å². The normalized spacial score (nSPS) is 14.7. The van der Waals surface area contributed by atoms with Crippen molar-refractivity contribution in [3.8, 4) is 0 Å². The number of hydrogen-bond donors (Lipinski definition) is 1. The molecular formula is C14H19NO2S2. The third-order valence-electron chi connectivity index (χ3n) is 3.85. The zero-order valence-electron chi connectivity index (χ0n) is 11.4. The smallest absolute Gasteiger partial charge is 0.154 e. The molecule has 1 atom stereocenters. The summed E-state index contributed by atoms with van der Waals surface area (Å²) in [6.07, 6.45) is 1.82. The van der Waals surface area contributed by atoms with Gasteiger partial charge in [-0.1, -0.05) is 18.2 Å². The Morgan fingerprint density at radius 1 is 1.32 bits per heavy atom. The molecule has 1 aromatic heterocycles. The van der Waals surface area contributed by atoms with Crippen molar-refractivity contribution in [3.63, 3.8) is 0 Å². The SMILES string of the molecule is CC(C)(C(N)Cc1csc2ccccc12)S(C)(=O)=O. The number of rotatable bonds is 4. The lowest BCUT2D eigenvalue weighted by atomic mass is 9.96. The van der Waals surface area contributed by atoms with Crippen LogP contribution in [-0.4, -0.2) is 25.5 Å². The van der Waals surface area contributed by atoms with E-state index in [2.05, 4.69) is 17.5 Å². The van der Waals surface area contributed by atoms with Gasteiger partial charge in [0, 0.05) is 17.0 Å². The molecule has 0 spiro atoms. The summed E-state index contributed by atoms with van der Waals surface area (Å²) in [7, 11) is -3.18. The van der Waals surface area contributed by atoms with E-state index in [0.717, 1.165) is 5.56 Å². The fourth-order valence-electron chi connectivity index (χ4n) is 1.95. The molecule has 2 N–H and O–H groups in total. The number of hydrogen-bond acceptors (Lipinski definition) is 4. The van der Waals surface area contributed by atoms with Gasteiger partial charge < -0.3 is 5.73 Å². The minimum absolute atomic E-state index is 0.416. The quantitative estimate of drug-likeness (QED) is 0.943. The highest BCUT2D eigenvalue weighted by Gasteiger charge is 2.36. The van der Waals surface area contributed by atoms with E-state index in [1.807, 2.05) is 12.1 Å². The molecule has 104 valence electrons. The molecule has 0 aliphatic rings. The van der Waals surface area contributed by atoms with Crippen molar-refractivity contribution >= 4 is 31.3 Å². The molecule has 0 saturated heterocycles. The Morgan fingerprint density at radius 3 is 2.58 bits per heavy atom. The Labute approximate surface area is 118 Å². The molecular weight excluding hydrogens is 278 g/mol. The van der Waals surface area contributed by atoms with Gasteiger partial charge in [-0.2, -0.15) is 0 Å². The highest BCUT2D eigenvalue weighted by molar-refractivity contribution is 7.92. The van der Waals surface area contributed by atoms with Gasteiger partial charge in [0.05, 0.1) is 4.75 Å². The highest BCUT2D eigenvalue weighted by atomic mass is 32.2. The van der Waals surface area contributed by atoms with Crippen LogP contribution in [0.5, 0.6) is 0 Å². The maximum Gasteiger partial charge on any atom is 0.154 e. The third kappa shape index (κ3) is 2.68. The summed E-state index contributed by atoms with van der Waals surface area (Å²) >= 11 is 1.67. The topological polar surface area (TPSA) is 60.2 Å². The summed E-state index contributed by atoms with van der Waals surface area (Å²) in [4.78, 5) is 0. The van der Waals surface area contributed by atoms with E-state index in [-0.39, 0.29) is 0 Å². The van der Waals surface area contributed by atoms with E-state index < -0.39 is 20.6 Å². The monoisotopic (exact) mass is 297 g/mol. The molecule has 0 aliphatic heterocycles. The van der Waals surface area contributed by atoms with Gasteiger partial charge in [0.2, 0.25) is 0 Å². The first-order valence-corrected chi connectivity index (χ1v) is 8.91. The average molecular weight is 297 g/mol. The van der Waals surface area contributed by atoms with Gasteiger partial charge in [0.15, 0.2) is 9.84 Å². The molecule has 3 nitrogen and oxygen atoms in total. The van der Waals surface area contributed by atoms with E-state index in [1.165, 1.54) is 16.3 Å². The first-order valence-electron chi connectivity index (χ1n) is 6.14. The Hall–Kier alpha value is -0.910. The molecule has 1 heterocycles. The van der Waals surface area contributed by atoms with E-state index >= 15 is 0 Å². The summed E-state index contributed by atoms with van der Waals surface area (Å²) in [5.74, 6) is 0. The van der Waals surface area contributed by atoms with Crippen LogP contribution in [0.1, 0.15) is 19.4 Å². The standard InChI is InChI=1S/C14H19NO2S2/c1-14(2,19(3,16)17)13(15)8-10-9-18-12-7-5-4-6-11(10)12/h4-7,9,13H,8,15H2,1-3H3. The van der Waals surface area contributed by atoms with Gasteiger partial charge in [-0.25, -0.2) is 8.42 Å². The Bertz CT molecular complexity index is 686. The maximum absolute atomic E-state index is 11.8. The Morgan fingerprint density at radius 2 is 1.95 bits per heavy atom. The van der Waals surface area contributed by atoms with Crippen LogP contribution in [0.3, 0.4) is 0 Å². The van der Waals surface area contributed by atoms with Crippen LogP contribution in [0.2, 0.25) is 0 Å². The van der Waals surface area contributed by atoms with Crippen molar-refractivity contribution in [2.45, 2.75) is 31.1 Å². The van der Waals surface area contributed by atoms with Crippen molar-refractivity contribution in [1.29, 1.82) is 0 Å². The summed E-state index contributed by atoms with van der Waals surface area (Å²) in [6.45, 7) is 3.39. The predicted molar refractivity (Wildman–Crippen MR) is 82.4 cm³/mol. The average Bonchev–Trinajstić information content (AvgIpc) is 2.71. The summed E-state index contributed by atoms with van der Waals surface area (Å²) in [5.41, 5.74) is 7.27. The molecule has 0 amide bonds. The van der Waals surface area contributed by atoms with Crippen LogP contribution in [-0.2, 0) is 16.3 Å². The van der Waals surface area contributed by atoms with Crippen LogP contribution >= 0.6 is 11.3 Å². The van der Waals surface area contributed by atoms with Gasteiger partial charge in [-0.15, -0.1) is 11.3 Å². The Kier molecular flexibility index (Phi) is 3.73. The minimum Gasteiger partial charge on any atom is -0.326 e. The van der Waals surface area contributed by atoms with Crippen molar-refractivity contribution in [2.24, 2.45) is 5.73 Å². The molecule has 1 unspecified atom stereocenters. The zero-order valence-corrected chi connectivity index (χ0v) is 13.0. The lowest BCUT2D eigenvalue weighted by molar-refractivity contribution is 0.483. The number of nitrogens with two attached hydrogens (primary N) is 1. The lowest BCUT2D eigenvalue weighted by Crippen LogP contribution is -2.49. The van der Waals surface area contributed by atoms with Gasteiger partial charge >= 0.3 is 0 Å². The second-order valence-corrected chi connectivity index (χ2v) is 8.95. The van der Waals surface area contributed by atoms with Crippen LogP contribution in [0.25, 0.3) is 10.1 Å². The van der Waals surface area contributed by atoms with Crippen molar-refractivity contribution in [3.05, 3.63) is 35.2 Å². The summed E-state index contributed by atoms with van der Waals surface area (Å²) < 4.78 is 23.9. The molecule has 0 aliphatic carbocycles.